The van der Waals surface area contributed by atoms with E-state index in [1.165, 1.54) is 36.7 Å². The van der Waals surface area contributed by atoms with Gasteiger partial charge < -0.3 is 5.32 Å². The third-order valence-electron chi connectivity index (χ3n) is 7.25. The molecule has 0 radical (unpaired) electrons. The molecule has 1 aliphatic carbocycles. The lowest BCUT2D eigenvalue weighted by atomic mass is 9.94. The predicted molar refractivity (Wildman–Crippen MR) is 150 cm³/mol. The molecule has 2 aliphatic rings. The van der Waals surface area contributed by atoms with E-state index in [0.29, 0.717) is 5.56 Å². The molecule has 1 aromatic heterocycles. The first-order chi connectivity index (χ1) is 19.3. The summed E-state index contributed by atoms with van der Waals surface area (Å²) in [5.41, 5.74) is 0.422. The average Bonchev–Trinajstić information content (AvgIpc) is 3.27. The highest BCUT2D eigenvalue weighted by Gasteiger charge is 2.47. The summed E-state index contributed by atoms with van der Waals surface area (Å²) in [7, 11) is -3.94. The minimum atomic E-state index is -3.94. The molecular formula is C28H29ClFN5O4S. The average molecular weight is 586 g/mol. The lowest BCUT2D eigenvalue weighted by Gasteiger charge is -2.36. The second-order valence-corrected chi connectivity index (χ2v) is 12.3. The highest BCUT2D eigenvalue weighted by molar-refractivity contribution is 7.93. The van der Waals surface area contributed by atoms with E-state index in [1.54, 1.807) is 24.3 Å². The molecule has 5 rings (SSSR count). The fourth-order valence-corrected chi connectivity index (χ4v) is 7.26. The first-order valence-electron chi connectivity index (χ1n) is 13.2. The number of nitrogens with one attached hydrogen (secondary N) is 1. The van der Waals surface area contributed by atoms with Crippen molar-refractivity contribution in [2.75, 3.05) is 15.0 Å². The summed E-state index contributed by atoms with van der Waals surface area (Å²) in [6.07, 6.45) is 7.33. The number of benzene rings is 2. The smallest absolute Gasteiger partial charge is 0.252 e. The Labute approximate surface area is 237 Å². The number of carbonyl (C=O) groups is 2. The summed E-state index contributed by atoms with van der Waals surface area (Å²) in [6.45, 7) is 0. The van der Waals surface area contributed by atoms with Crippen molar-refractivity contribution < 1.29 is 22.4 Å². The highest BCUT2D eigenvalue weighted by atomic mass is 35.5. The van der Waals surface area contributed by atoms with Crippen molar-refractivity contribution in [3.63, 3.8) is 0 Å². The Bertz CT molecular complexity index is 1490. The Balaban J connectivity index is 1.63. The third kappa shape index (κ3) is 5.80. The Morgan fingerprint density at radius 2 is 1.73 bits per heavy atom. The van der Waals surface area contributed by atoms with Crippen molar-refractivity contribution in [3.05, 3.63) is 83.4 Å². The van der Waals surface area contributed by atoms with E-state index < -0.39 is 39.7 Å². The monoisotopic (exact) mass is 585 g/mol. The maximum absolute atomic E-state index is 14.6. The number of aromatic nitrogens is 2. The zero-order chi connectivity index (χ0) is 28.3. The minimum absolute atomic E-state index is 0.0648. The minimum Gasteiger partial charge on any atom is -0.351 e. The summed E-state index contributed by atoms with van der Waals surface area (Å²) in [6, 6.07) is 10.8. The Morgan fingerprint density at radius 3 is 2.42 bits per heavy atom. The number of rotatable bonds is 7. The van der Waals surface area contributed by atoms with Crippen molar-refractivity contribution in [1.29, 1.82) is 0 Å². The van der Waals surface area contributed by atoms with E-state index in [2.05, 4.69) is 15.3 Å². The highest BCUT2D eigenvalue weighted by Crippen LogP contribution is 2.36. The van der Waals surface area contributed by atoms with Crippen LogP contribution in [-0.2, 0) is 19.6 Å². The quantitative estimate of drug-likeness (QED) is 0.440. The number of nitrogens with zero attached hydrogens (tertiary/aromatic N) is 4. The molecule has 0 unspecified atom stereocenters. The van der Waals surface area contributed by atoms with E-state index in [-0.39, 0.29) is 34.9 Å². The van der Waals surface area contributed by atoms with Gasteiger partial charge in [-0.15, -0.1) is 0 Å². The molecule has 1 N–H and O–H groups in total. The molecule has 1 saturated heterocycles. The lowest BCUT2D eigenvalue weighted by molar-refractivity contribution is -0.127. The molecule has 3 aromatic rings. The van der Waals surface area contributed by atoms with Crippen LogP contribution in [0.3, 0.4) is 0 Å². The summed E-state index contributed by atoms with van der Waals surface area (Å²) >= 11 is 6.58. The Kier molecular flexibility index (Phi) is 8.32. The summed E-state index contributed by atoms with van der Waals surface area (Å²) in [5, 5.41) is 3.31. The standard InChI is InChI=1S/C28H29ClFN5O4S/c29-23-13-5-4-12-22(23)25(26(36)33-20-9-2-1-3-10-20)34(21-11-6-8-19(30)18-21)27(37)24-14-17-40(38,39)35(24)28-31-15-7-16-32-28/h4-8,11-13,15-16,18,20,24-25H,1-3,9-10,14,17H2,(H,33,36)/t24-,25-/m0/s1. The van der Waals surface area contributed by atoms with Gasteiger partial charge in [-0.2, -0.15) is 0 Å². The Hall–Kier alpha value is -3.57. The summed E-state index contributed by atoms with van der Waals surface area (Å²) < 4.78 is 41.6. The maximum Gasteiger partial charge on any atom is 0.252 e. The zero-order valence-electron chi connectivity index (χ0n) is 21.6. The number of anilines is 2. The van der Waals surface area contributed by atoms with Gasteiger partial charge in [-0.05, 0) is 49.6 Å². The van der Waals surface area contributed by atoms with E-state index in [9.17, 15) is 22.4 Å². The lowest BCUT2D eigenvalue weighted by Crippen LogP contribution is -2.53. The van der Waals surface area contributed by atoms with Gasteiger partial charge in [0.2, 0.25) is 21.9 Å². The van der Waals surface area contributed by atoms with Crippen LogP contribution < -0.4 is 14.5 Å². The van der Waals surface area contributed by atoms with Gasteiger partial charge in [-0.1, -0.05) is 55.1 Å². The van der Waals surface area contributed by atoms with Crippen LogP contribution >= 0.6 is 11.6 Å². The second-order valence-electron chi connectivity index (χ2n) is 9.92. The zero-order valence-corrected chi connectivity index (χ0v) is 23.2. The third-order valence-corrected chi connectivity index (χ3v) is 9.36. The maximum atomic E-state index is 14.6. The normalized spacial score (nSPS) is 19.6. The van der Waals surface area contributed by atoms with Gasteiger partial charge in [-0.3, -0.25) is 14.5 Å². The van der Waals surface area contributed by atoms with Crippen LogP contribution in [0.25, 0.3) is 0 Å². The van der Waals surface area contributed by atoms with Crippen LogP contribution in [-0.4, -0.2) is 48.0 Å². The van der Waals surface area contributed by atoms with Crippen LogP contribution in [0, 0.1) is 5.82 Å². The largest absolute Gasteiger partial charge is 0.351 e. The van der Waals surface area contributed by atoms with Crippen molar-refractivity contribution >= 4 is 45.1 Å². The number of sulfonamides is 1. The first kappa shape index (κ1) is 28.0. The molecule has 2 atom stereocenters. The SMILES string of the molecule is O=C(NC1CCCCC1)[C@H](c1ccccc1Cl)N(C(=O)[C@@H]1CCS(=O)(=O)N1c1ncccn1)c1cccc(F)c1. The molecule has 210 valence electrons. The van der Waals surface area contributed by atoms with Gasteiger partial charge in [0.15, 0.2) is 0 Å². The molecule has 2 heterocycles. The van der Waals surface area contributed by atoms with E-state index in [4.69, 9.17) is 11.6 Å². The molecule has 1 aliphatic heterocycles. The van der Waals surface area contributed by atoms with Crippen LogP contribution in [0.2, 0.25) is 5.02 Å². The number of hydrogen-bond acceptors (Lipinski definition) is 6. The second kappa shape index (κ2) is 11.9. The summed E-state index contributed by atoms with van der Waals surface area (Å²) in [4.78, 5) is 37.8. The molecular weight excluding hydrogens is 557 g/mol. The topological polar surface area (TPSA) is 113 Å². The first-order valence-corrected chi connectivity index (χ1v) is 15.2. The van der Waals surface area contributed by atoms with E-state index >= 15 is 0 Å². The summed E-state index contributed by atoms with van der Waals surface area (Å²) in [5.74, 6) is -2.30. The number of amides is 2. The van der Waals surface area contributed by atoms with Crippen molar-refractivity contribution in [2.45, 2.75) is 56.7 Å². The van der Waals surface area contributed by atoms with E-state index in [0.717, 1.165) is 47.4 Å². The number of hydrogen-bond donors (Lipinski definition) is 1. The van der Waals surface area contributed by atoms with Gasteiger partial charge in [-0.25, -0.2) is 27.1 Å². The van der Waals surface area contributed by atoms with Gasteiger partial charge in [0.05, 0.1) is 5.75 Å². The van der Waals surface area contributed by atoms with Crippen LogP contribution in [0.15, 0.2) is 67.0 Å². The fourth-order valence-electron chi connectivity index (χ4n) is 5.37. The van der Waals surface area contributed by atoms with Crippen LogP contribution in [0.5, 0.6) is 0 Å². The van der Waals surface area contributed by atoms with E-state index in [1.807, 2.05) is 0 Å². The molecule has 1 saturated carbocycles. The molecule has 0 spiro atoms. The molecule has 12 heteroatoms. The molecule has 0 bridgehead atoms. The van der Waals surface area contributed by atoms with Crippen LogP contribution in [0.4, 0.5) is 16.0 Å². The van der Waals surface area contributed by atoms with Crippen molar-refractivity contribution in [3.8, 4) is 0 Å². The molecule has 2 fully saturated rings. The van der Waals surface area contributed by atoms with Crippen molar-refractivity contribution in [1.82, 2.24) is 15.3 Å². The van der Waals surface area contributed by atoms with Gasteiger partial charge in [0, 0.05) is 34.7 Å². The molecule has 2 amide bonds. The molecule has 2 aromatic carbocycles. The molecule has 40 heavy (non-hydrogen) atoms. The number of halogens is 2. The fraction of sp³-hybridized carbons (Fsp3) is 0.357. The number of carbonyl (C=O) groups excluding carboxylic acids is 2. The van der Waals surface area contributed by atoms with Gasteiger partial charge >= 0.3 is 0 Å². The van der Waals surface area contributed by atoms with Gasteiger partial charge in [0.25, 0.3) is 5.91 Å². The van der Waals surface area contributed by atoms with Gasteiger partial charge in [0.1, 0.15) is 17.9 Å². The molecule has 9 nitrogen and oxygen atoms in total. The van der Waals surface area contributed by atoms with Crippen molar-refractivity contribution in [2.24, 2.45) is 0 Å². The predicted octanol–water partition coefficient (Wildman–Crippen LogP) is 4.40. The van der Waals surface area contributed by atoms with Crippen LogP contribution in [0.1, 0.15) is 50.1 Å². The Morgan fingerprint density at radius 1 is 1.00 bits per heavy atom.